The number of rotatable bonds is 3. The molecule has 0 spiro atoms. The van der Waals surface area contributed by atoms with Crippen LogP contribution in [-0.4, -0.2) is 23.0 Å². The number of aliphatic hydroxyl groups excluding tert-OH is 1. The van der Waals surface area contributed by atoms with E-state index in [1.807, 2.05) is 0 Å². The van der Waals surface area contributed by atoms with E-state index in [4.69, 9.17) is 10.8 Å². The standard InChI is InChI=1S/C8H10N2O2/c9-8(5-12)6-1-2-7(4-11)10-3-6/h1-4,8,12H,5,9H2/t8-/m0/s1. The molecule has 3 N–H and O–H groups in total. The first kappa shape index (κ1) is 8.83. The number of carbonyl (C=O) groups is 1. The van der Waals surface area contributed by atoms with Gasteiger partial charge in [0.1, 0.15) is 5.69 Å². The second-order valence-corrected chi connectivity index (χ2v) is 2.42. The molecule has 0 aromatic carbocycles. The number of hydrogen-bond acceptors (Lipinski definition) is 4. The Balaban J connectivity index is 2.84. The molecule has 0 unspecified atom stereocenters. The summed E-state index contributed by atoms with van der Waals surface area (Å²) in [6.45, 7) is -0.123. The fourth-order valence-corrected chi connectivity index (χ4v) is 0.811. The Kier molecular flexibility index (Phi) is 2.90. The smallest absolute Gasteiger partial charge is 0.168 e. The monoisotopic (exact) mass is 166 g/mol. The minimum atomic E-state index is -0.418. The summed E-state index contributed by atoms with van der Waals surface area (Å²) in [7, 11) is 0. The molecule has 64 valence electrons. The highest BCUT2D eigenvalue weighted by atomic mass is 16.3. The first-order valence-corrected chi connectivity index (χ1v) is 3.55. The molecule has 0 saturated carbocycles. The van der Waals surface area contributed by atoms with Crippen LogP contribution < -0.4 is 5.73 Å². The van der Waals surface area contributed by atoms with Crippen LogP contribution in [0.3, 0.4) is 0 Å². The van der Waals surface area contributed by atoms with Crippen LogP contribution in [0.4, 0.5) is 0 Å². The number of pyridine rings is 1. The summed E-state index contributed by atoms with van der Waals surface area (Å²) < 4.78 is 0. The predicted octanol–water partition coefficient (Wildman–Crippen LogP) is -0.114. The lowest BCUT2D eigenvalue weighted by atomic mass is 10.1. The zero-order valence-electron chi connectivity index (χ0n) is 6.47. The third-order valence-electron chi connectivity index (χ3n) is 1.55. The Bertz CT molecular complexity index is 258. The van der Waals surface area contributed by atoms with Gasteiger partial charge in [0.25, 0.3) is 0 Å². The number of aldehydes is 1. The van der Waals surface area contributed by atoms with Crippen molar-refractivity contribution in [1.82, 2.24) is 4.98 Å². The van der Waals surface area contributed by atoms with E-state index in [0.29, 0.717) is 12.0 Å². The summed E-state index contributed by atoms with van der Waals surface area (Å²) in [6.07, 6.45) is 2.15. The lowest BCUT2D eigenvalue weighted by Crippen LogP contribution is -2.14. The van der Waals surface area contributed by atoms with E-state index in [2.05, 4.69) is 4.98 Å². The zero-order valence-corrected chi connectivity index (χ0v) is 6.47. The molecule has 0 saturated heterocycles. The van der Waals surface area contributed by atoms with Gasteiger partial charge >= 0.3 is 0 Å². The number of carbonyl (C=O) groups excluding carboxylic acids is 1. The topological polar surface area (TPSA) is 76.2 Å². The summed E-state index contributed by atoms with van der Waals surface area (Å²) >= 11 is 0. The Morgan fingerprint density at radius 1 is 1.67 bits per heavy atom. The first-order valence-electron chi connectivity index (χ1n) is 3.55. The van der Waals surface area contributed by atoms with Crippen molar-refractivity contribution < 1.29 is 9.90 Å². The number of nitrogens with zero attached hydrogens (tertiary/aromatic N) is 1. The van der Waals surface area contributed by atoms with Gasteiger partial charge in [0, 0.05) is 6.20 Å². The minimum absolute atomic E-state index is 0.123. The van der Waals surface area contributed by atoms with Crippen molar-refractivity contribution in [1.29, 1.82) is 0 Å². The Labute approximate surface area is 70.0 Å². The van der Waals surface area contributed by atoms with E-state index in [1.165, 1.54) is 6.20 Å². The van der Waals surface area contributed by atoms with Crippen molar-refractivity contribution in [2.75, 3.05) is 6.61 Å². The van der Waals surface area contributed by atoms with E-state index in [1.54, 1.807) is 12.1 Å². The number of aromatic nitrogens is 1. The maximum Gasteiger partial charge on any atom is 0.168 e. The summed E-state index contributed by atoms with van der Waals surface area (Å²) in [5, 5.41) is 8.69. The summed E-state index contributed by atoms with van der Waals surface area (Å²) in [6, 6.07) is 2.83. The molecule has 1 atom stereocenters. The third kappa shape index (κ3) is 1.87. The van der Waals surface area contributed by atoms with Crippen molar-refractivity contribution in [3.8, 4) is 0 Å². The van der Waals surface area contributed by atoms with E-state index < -0.39 is 6.04 Å². The number of hydrogen-bond donors (Lipinski definition) is 2. The first-order chi connectivity index (χ1) is 5.77. The Morgan fingerprint density at radius 2 is 2.42 bits per heavy atom. The molecule has 1 heterocycles. The van der Waals surface area contributed by atoms with Crippen LogP contribution in [0.25, 0.3) is 0 Å². The van der Waals surface area contributed by atoms with Crippen LogP contribution >= 0.6 is 0 Å². The van der Waals surface area contributed by atoms with Gasteiger partial charge in [0.2, 0.25) is 0 Å². The molecule has 4 heteroatoms. The molecule has 0 radical (unpaired) electrons. The largest absolute Gasteiger partial charge is 0.394 e. The summed E-state index contributed by atoms with van der Waals surface area (Å²) in [4.78, 5) is 14.0. The molecule has 0 bridgehead atoms. The molecule has 0 fully saturated rings. The van der Waals surface area contributed by atoms with Gasteiger partial charge in [-0.05, 0) is 11.6 Å². The number of nitrogens with two attached hydrogens (primary N) is 1. The van der Waals surface area contributed by atoms with Gasteiger partial charge in [-0.15, -0.1) is 0 Å². The lowest BCUT2D eigenvalue weighted by molar-refractivity contribution is 0.111. The van der Waals surface area contributed by atoms with Gasteiger partial charge in [-0.3, -0.25) is 9.78 Å². The van der Waals surface area contributed by atoms with Crippen molar-refractivity contribution in [3.05, 3.63) is 29.6 Å². The second kappa shape index (κ2) is 3.94. The molecular formula is C8H10N2O2. The van der Waals surface area contributed by atoms with Crippen LogP contribution in [0.15, 0.2) is 18.3 Å². The molecule has 0 aliphatic heterocycles. The highest BCUT2D eigenvalue weighted by Gasteiger charge is 2.03. The van der Waals surface area contributed by atoms with Crippen LogP contribution in [0.5, 0.6) is 0 Å². The predicted molar refractivity (Wildman–Crippen MR) is 43.6 cm³/mol. The minimum Gasteiger partial charge on any atom is -0.394 e. The molecule has 0 amide bonds. The average molecular weight is 166 g/mol. The molecule has 4 nitrogen and oxygen atoms in total. The van der Waals surface area contributed by atoms with Gasteiger partial charge in [0.05, 0.1) is 12.6 Å². The van der Waals surface area contributed by atoms with E-state index in [-0.39, 0.29) is 6.61 Å². The van der Waals surface area contributed by atoms with Crippen LogP contribution in [0.1, 0.15) is 22.1 Å². The van der Waals surface area contributed by atoms with Gasteiger partial charge in [-0.1, -0.05) is 6.07 Å². The molecule has 1 aromatic heterocycles. The summed E-state index contributed by atoms with van der Waals surface area (Å²) in [5.74, 6) is 0. The van der Waals surface area contributed by atoms with Crippen molar-refractivity contribution in [2.24, 2.45) is 5.73 Å². The van der Waals surface area contributed by atoms with Crippen LogP contribution in [0, 0.1) is 0 Å². The molecule has 1 aromatic rings. The second-order valence-electron chi connectivity index (χ2n) is 2.42. The Hall–Kier alpha value is -1.26. The fourth-order valence-electron chi connectivity index (χ4n) is 0.811. The quantitative estimate of drug-likeness (QED) is 0.614. The van der Waals surface area contributed by atoms with Crippen molar-refractivity contribution in [3.63, 3.8) is 0 Å². The molecule has 0 aliphatic rings. The van der Waals surface area contributed by atoms with Gasteiger partial charge in [0.15, 0.2) is 6.29 Å². The van der Waals surface area contributed by atoms with E-state index >= 15 is 0 Å². The van der Waals surface area contributed by atoms with Crippen LogP contribution in [0.2, 0.25) is 0 Å². The molecular weight excluding hydrogens is 156 g/mol. The zero-order chi connectivity index (χ0) is 8.97. The van der Waals surface area contributed by atoms with Gasteiger partial charge < -0.3 is 10.8 Å². The van der Waals surface area contributed by atoms with Gasteiger partial charge in [-0.25, -0.2) is 0 Å². The van der Waals surface area contributed by atoms with E-state index in [9.17, 15) is 4.79 Å². The highest BCUT2D eigenvalue weighted by molar-refractivity contribution is 5.71. The summed E-state index contributed by atoms with van der Waals surface area (Å²) in [5.41, 5.74) is 6.60. The SMILES string of the molecule is N[C@@H](CO)c1ccc(C=O)nc1. The maximum absolute atomic E-state index is 10.2. The van der Waals surface area contributed by atoms with Crippen molar-refractivity contribution >= 4 is 6.29 Å². The highest BCUT2D eigenvalue weighted by Crippen LogP contribution is 2.07. The third-order valence-corrected chi connectivity index (χ3v) is 1.55. The van der Waals surface area contributed by atoms with Crippen LogP contribution in [-0.2, 0) is 0 Å². The normalized spacial score (nSPS) is 12.5. The van der Waals surface area contributed by atoms with Crippen molar-refractivity contribution in [2.45, 2.75) is 6.04 Å². The van der Waals surface area contributed by atoms with Gasteiger partial charge in [-0.2, -0.15) is 0 Å². The molecule has 0 aliphatic carbocycles. The molecule has 1 rings (SSSR count). The maximum atomic E-state index is 10.2. The number of aliphatic hydroxyl groups is 1. The van der Waals surface area contributed by atoms with E-state index in [0.717, 1.165) is 5.56 Å². The average Bonchev–Trinajstić information content (AvgIpc) is 2.17. The Morgan fingerprint density at radius 3 is 2.83 bits per heavy atom. The fraction of sp³-hybridized carbons (Fsp3) is 0.250. The molecule has 12 heavy (non-hydrogen) atoms. The lowest BCUT2D eigenvalue weighted by Gasteiger charge is -2.06.